The van der Waals surface area contributed by atoms with E-state index in [0.29, 0.717) is 18.5 Å². The summed E-state index contributed by atoms with van der Waals surface area (Å²) in [6.45, 7) is 4.86. The van der Waals surface area contributed by atoms with Gasteiger partial charge in [0.25, 0.3) is 0 Å². The summed E-state index contributed by atoms with van der Waals surface area (Å²) in [6, 6.07) is 4.12. The average Bonchev–Trinajstić information content (AvgIpc) is 2.74. The summed E-state index contributed by atoms with van der Waals surface area (Å²) in [7, 11) is 1.39. The Morgan fingerprint density at radius 2 is 2.11 bits per heavy atom. The van der Waals surface area contributed by atoms with E-state index in [1.165, 1.54) is 7.11 Å². The molecule has 2 rings (SSSR count). The molecule has 2 aromatic rings. The number of fused-ring (bicyclic) bond motifs is 1. The summed E-state index contributed by atoms with van der Waals surface area (Å²) in [5, 5.41) is 9.91. The molecular weight excluding hydrogens is 242 g/mol. The fourth-order valence-electron chi connectivity index (χ4n) is 2.50. The summed E-state index contributed by atoms with van der Waals surface area (Å²) in [4.78, 5) is 11.9. The number of benzene rings is 1. The zero-order valence-electron chi connectivity index (χ0n) is 11.6. The molecule has 1 heterocycles. The Balaban J connectivity index is 2.66. The van der Waals surface area contributed by atoms with Crippen molar-refractivity contribution in [2.24, 2.45) is 0 Å². The van der Waals surface area contributed by atoms with Gasteiger partial charge in [0.15, 0.2) is 0 Å². The molecule has 0 aliphatic heterocycles. The number of aromatic nitrogens is 1. The molecule has 19 heavy (non-hydrogen) atoms. The molecule has 0 aliphatic carbocycles. The van der Waals surface area contributed by atoms with Gasteiger partial charge in [-0.2, -0.15) is 0 Å². The van der Waals surface area contributed by atoms with E-state index in [4.69, 9.17) is 9.84 Å². The van der Waals surface area contributed by atoms with Crippen molar-refractivity contribution in [2.75, 3.05) is 13.7 Å². The van der Waals surface area contributed by atoms with E-state index in [1.807, 2.05) is 24.6 Å². The molecule has 1 aromatic heterocycles. The summed E-state index contributed by atoms with van der Waals surface area (Å²) < 4.78 is 6.86. The van der Waals surface area contributed by atoms with E-state index in [0.717, 1.165) is 22.0 Å². The second kappa shape index (κ2) is 5.45. The first-order valence-corrected chi connectivity index (χ1v) is 6.37. The number of aliphatic hydroxyl groups excluding tert-OH is 1. The number of aliphatic hydroxyl groups is 1. The van der Waals surface area contributed by atoms with Crippen LogP contribution < -0.4 is 0 Å². The number of methoxy groups -OCH3 is 1. The van der Waals surface area contributed by atoms with Gasteiger partial charge in [0.05, 0.1) is 12.7 Å². The zero-order valence-corrected chi connectivity index (χ0v) is 11.6. The lowest BCUT2D eigenvalue weighted by molar-refractivity contribution is 0.0602. The van der Waals surface area contributed by atoms with Crippen molar-refractivity contribution in [2.45, 2.75) is 26.8 Å². The van der Waals surface area contributed by atoms with E-state index in [9.17, 15) is 4.79 Å². The summed E-state index contributed by atoms with van der Waals surface area (Å²) in [5.41, 5.74) is 3.84. The predicted octanol–water partition coefficient (Wildman–Crippen LogP) is 2.43. The molecule has 0 saturated heterocycles. The first kappa shape index (κ1) is 13.6. The lowest BCUT2D eigenvalue weighted by atomic mass is 10.0. The van der Waals surface area contributed by atoms with Gasteiger partial charge in [-0.15, -0.1) is 0 Å². The van der Waals surface area contributed by atoms with Gasteiger partial charge < -0.3 is 14.4 Å². The first-order valence-electron chi connectivity index (χ1n) is 6.37. The van der Waals surface area contributed by atoms with Crippen LogP contribution in [0.1, 0.15) is 27.9 Å². The maximum atomic E-state index is 11.9. The summed E-state index contributed by atoms with van der Waals surface area (Å²) in [6.07, 6.45) is 2.48. The minimum atomic E-state index is -0.320. The standard InChI is InChI=1S/C15H19NO3/c1-10-7-11(2)14-12(15(18)19-3)9-16(5-4-6-17)13(14)8-10/h7-9,17H,4-6H2,1-3H3. The number of aryl methyl sites for hydroxylation is 3. The SMILES string of the molecule is COC(=O)c1cn(CCCO)c2cc(C)cc(C)c12. The van der Waals surface area contributed by atoms with Crippen LogP contribution in [0.3, 0.4) is 0 Å². The van der Waals surface area contributed by atoms with Crippen molar-refractivity contribution in [3.8, 4) is 0 Å². The Bertz CT molecular complexity index is 613. The molecule has 1 aromatic carbocycles. The van der Waals surface area contributed by atoms with E-state index >= 15 is 0 Å². The largest absolute Gasteiger partial charge is 0.465 e. The van der Waals surface area contributed by atoms with Crippen LogP contribution in [-0.2, 0) is 11.3 Å². The van der Waals surface area contributed by atoms with E-state index in [-0.39, 0.29) is 12.6 Å². The molecule has 0 spiro atoms. The van der Waals surface area contributed by atoms with Gasteiger partial charge in [0.2, 0.25) is 0 Å². The fourth-order valence-corrected chi connectivity index (χ4v) is 2.50. The van der Waals surface area contributed by atoms with Crippen molar-refractivity contribution in [1.82, 2.24) is 4.57 Å². The molecule has 0 radical (unpaired) electrons. The summed E-state index contributed by atoms with van der Waals surface area (Å²) >= 11 is 0. The maximum absolute atomic E-state index is 11.9. The zero-order chi connectivity index (χ0) is 14.0. The molecule has 0 bridgehead atoms. The third-order valence-corrected chi connectivity index (χ3v) is 3.29. The van der Waals surface area contributed by atoms with Gasteiger partial charge in [-0.05, 0) is 37.5 Å². The monoisotopic (exact) mass is 261 g/mol. The Morgan fingerprint density at radius 3 is 2.74 bits per heavy atom. The van der Waals surface area contributed by atoms with Crippen molar-refractivity contribution in [1.29, 1.82) is 0 Å². The lowest BCUT2D eigenvalue weighted by Gasteiger charge is -2.06. The maximum Gasteiger partial charge on any atom is 0.340 e. The van der Waals surface area contributed by atoms with Crippen molar-refractivity contribution >= 4 is 16.9 Å². The minimum Gasteiger partial charge on any atom is -0.465 e. The molecule has 4 nitrogen and oxygen atoms in total. The van der Waals surface area contributed by atoms with Crippen molar-refractivity contribution in [3.63, 3.8) is 0 Å². The number of rotatable bonds is 4. The predicted molar refractivity (Wildman–Crippen MR) is 74.5 cm³/mol. The van der Waals surface area contributed by atoms with Crippen LogP contribution in [-0.4, -0.2) is 29.4 Å². The van der Waals surface area contributed by atoms with Crippen LogP contribution in [0.5, 0.6) is 0 Å². The second-order valence-corrected chi connectivity index (χ2v) is 4.78. The summed E-state index contributed by atoms with van der Waals surface area (Å²) in [5.74, 6) is -0.320. The number of ether oxygens (including phenoxy) is 1. The van der Waals surface area contributed by atoms with Gasteiger partial charge in [0.1, 0.15) is 0 Å². The fraction of sp³-hybridized carbons (Fsp3) is 0.400. The number of esters is 1. The number of hydrogen-bond donors (Lipinski definition) is 1. The van der Waals surface area contributed by atoms with Crippen molar-refractivity contribution < 1.29 is 14.6 Å². The third kappa shape index (κ3) is 2.49. The highest BCUT2D eigenvalue weighted by Crippen LogP contribution is 2.27. The van der Waals surface area contributed by atoms with Gasteiger partial charge in [-0.1, -0.05) is 6.07 Å². The smallest absolute Gasteiger partial charge is 0.340 e. The van der Waals surface area contributed by atoms with E-state index in [1.54, 1.807) is 0 Å². The lowest BCUT2D eigenvalue weighted by Crippen LogP contribution is -2.01. The quantitative estimate of drug-likeness (QED) is 0.860. The molecule has 0 amide bonds. The first-order chi connectivity index (χ1) is 9.08. The molecule has 0 fully saturated rings. The highest BCUT2D eigenvalue weighted by molar-refractivity contribution is 6.05. The second-order valence-electron chi connectivity index (χ2n) is 4.78. The van der Waals surface area contributed by atoms with Crippen LogP contribution in [0.2, 0.25) is 0 Å². The number of hydrogen-bond acceptors (Lipinski definition) is 3. The van der Waals surface area contributed by atoms with Gasteiger partial charge in [-0.3, -0.25) is 0 Å². The molecule has 4 heteroatoms. The molecular formula is C15H19NO3. The van der Waals surface area contributed by atoms with Crippen LogP contribution in [0.4, 0.5) is 0 Å². The Morgan fingerprint density at radius 1 is 1.37 bits per heavy atom. The van der Waals surface area contributed by atoms with Crippen LogP contribution >= 0.6 is 0 Å². The van der Waals surface area contributed by atoms with Crippen LogP contribution in [0.15, 0.2) is 18.3 Å². The van der Waals surface area contributed by atoms with Gasteiger partial charge in [-0.25, -0.2) is 4.79 Å². The Labute approximate surface area is 112 Å². The van der Waals surface area contributed by atoms with Gasteiger partial charge in [0, 0.05) is 30.3 Å². The highest BCUT2D eigenvalue weighted by Gasteiger charge is 2.17. The Hall–Kier alpha value is -1.81. The Kier molecular flexibility index (Phi) is 3.90. The molecule has 0 atom stereocenters. The molecule has 0 saturated carbocycles. The normalized spacial score (nSPS) is 10.9. The molecule has 1 N–H and O–H groups in total. The molecule has 0 aliphatic rings. The van der Waals surface area contributed by atoms with Crippen LogP contribution in [0.25, 0.3) is 10.9 Å². The number of carbonyl (C=O) groups is 1. The number of nitrogens with zero attached hydrogens (tertiary/aromatic N) is 1. The van der Waals surface area contributed by atoms with Gasteiger partial charge >= 0.3 is 5.97 Å². The third-order valence-electron chi connectivity index (χ3n) is 3.29. The molecule has 0 unspecified atom stereocenters. The van der Waals surface area contributed by atoms with Crippen LogP contribution in [0, 0.1) is 13.8 Å². The van der Waals surface area contributed by atoms with E-state index < -0.39 is 0 Å². The number of carbonyl (C=O) groups excluding carboxylic acids is 1. The molecule has 102 valence electrons. The minimum absolute atomic E-state index is 0.137. The average molecular weight is 261 g/mol. The highest BCUT2D eigenvalue weighted by atomic mass is 16.5. The topological polar surface area (TPSA) is 51.5 Å². The van der Waals surface area contributed by atoms with Crippen molar-refractivity contribution in [3.05, 3.63) is 35.0 Å². The van der Waals surface area contributed by atoms with E-state index in [2.05, 4.69) is 12.1 Å².